The second-order valence-corrected chi connectivity index (χ2v) is 6.88. The molecule has 0 saturated heterocycles. The fourth-order valence-electron chi connectivity index (χ4n) is 1.96. The smallest absolute Gasteiger partial charge is 0.248 e. The molecule has 0 bridgehead atoms. The third kappa shape index (κ3) is 4.69. The van der Waals surface area contributed by atoms with E-state index in [4.69, 9.17) is 4.74 Å². The Balaban J connectivity index is 2.12. The van der Waals surface area contributed by atoms with Crippen molar-refractivity contribution in [2.75, 3.05) is 18.7 Å². The summed E-state index contributed by atoms with van der Waals surface area (Å²) < 4.78 is 28.2. The van der Waals surface area contributed by atoms with E-state index in [-0.39, 0.29) is 10.8 Å². The fraction of sp³-hybridized carbons (Fsp3) is 0.118. The molecule has 5 nitrogen and oxygen atoms in total. The lowest BCUT2D eigenvalue weighted by Crippen LogP contribution is -2.08. The van der Waals surface area contributed by atoms with E-state index in [1.807, 2.05) is 18.2 Å². The van der Waals surface area contributed by atoms with Gasteiger partial charge in [-0.2, -0.15) is 0 Å². The predicted molar refractivity (Wildman–Crippen MR) is 90.2 cm³/mol. The molecular formula is C17H17NO4S. The van der Waals surface area contributed by atoms with Crippen LogP contribution in [0.2, 0.25) is 0 Å². The molecule has 0 heterocycles. The van der Waals surface area contributed by atoms with E-state index in [1.165, 1.54) is 18.2 Å². The van der Waals surface area contributed by atoms with E-state index in [0.717, 1.165) is 11.8 Å². The SMILES string of the molecule is COc1ccccc1C=CC(=O)Nc1cccc(S(C)(=O)=O)c1. The molecule has 1 N–H and O–H groups in total. The van der Waals surface area contributed by atoms with Crippen LogP contribution in [0.15, 0.2) is 59.5 Å². The lowest BCUT2D eigenvalue weighted by molar-refractivity contribution is -0.111. The van der Waals surface area contributed by atoms with Gasteiger partial charge in [0, 0.05) is 23.6 Å². The Kier molecular flexibility index (Phi) is 5.18. The molecule has 1 amide bonds. The largest absolute Gasteiger partial charge is 0.496 e. The van der Waals surface area contributed by atoms with Gasteiger partial charge in [0.25, 0.3) is 0 Å². The summed E-state index contributed by atoms with van der Waals surface area (Å²) in [5.41, 5.74) is 1.19. The highest BCUT2D eigenvalue weighted by molar-refractivity contribution is 7.90. The summed E-state index contributed by atoms with van der Waals surface area (Å²) in [5, 5.41) is 2.63. The Morgan fingerprint density at radius 2 is 1.87 bits per heavy atom. The van der Waals surface area contributed by atoms with Gasteiger partial charge in [0.05, 0.1) is 12.0 Å². The number of benzene rings is 2. The van der Waals surface area contributed by atoms with Gasteiger partial charge in [-0.1, -0.05) is 24.3 Å². The number of hydrogen-bond acceptors (Lipinski definition) is 4. The monoisotopic (exact) mass is 331 g/mol. The molecule has 0 aromatic heterocycles. The highest BCUT2D eigenvalue weighted by Gasteiger charge is 2.08. The molecule has 120 valence electrons. The molecule has 2 rings (SSSR count). The summed E-state index contributed by atoms with van der Waals surface area (Å²) in [6, 6.07) is 13.4. The number of ether oxygens (including phenoxy) is 1. The molecule has 2 aromatic carbocycles. The zero-order chi connectivity index (χ0) is 16.9. The molecule has 0 atom stereocenters. The molecular weight excluding hydrogens is 314 g/mol. The van der Waals surface area contributed by atoms with Gasteiger partial charge in [0.2, 0.25) is 5.91 Å². The summed E-state index contributed by atoms with van der Waals surface area (Å²) in [6.45, 7) is 0. The summed E-state index contributed by atoms with van der Waals surface area (Å²) in [7, 11) is -1.75. The van der Waals surface area contributed by atoms with Gasteiger partial charge in [-0.05, 0) is 30.3 Å². The standard InChI is InChI=1S/C17H17NO4S/c1-22-16-9-4-3-6-13(16)10-11-17(19)18-14-7-5-8-15(12-14)23(2,20)21/h3-12H,1-2H3,(H,18,19). The average Bonchev–Trinajstić information content (AvgIpc) is 2.52. The summed E-state index contributed by atoms with van der Waals surface area (Å²) in [4.78, 5) is 12.1. The Morgan fingerprint density at radius 1 is 1.13 bits per heavy atom. The van der Waals surface area contributed by atoms with Crippen molar-refractivity contribution in [2.24, 2.45) is 0 Å². The van der Waals surface area contributed by atoms with E-state index >= 15 is 0 Å². The molecule has 0 fully saturated rings. The van der Waals surface area contributed by atoms with Gasteiger partial charge in [-0.25, -0.2) is 8.42 Å². The number of methoxy groups -OCH3 is 1. The van der Waals surface area contributed by atoms with Gasteiger partial charge < -0.3 is 10.1 Å². The minimum atomic E-state index is -3.31. The van der Waals surface area contributed by atoms with Crippen molar-refractivity contribution in [1.82, 2.24) is 0 Å². The zero-order valence-corrected chi connectivity index (χ0v) is 13.6. The molecule has 0 aliphatic rings. The van der Waals surface area contributed by atoms with Gasteiger partial charge in [-0.15, -0.1) is 0 Å². The fourth-order valence-corrected chi connectivity index (χ4v) is 2.62. The minimum absolute atomic E-state index is 0.156. The number of para-hydroxylation sites is 1. The highest BCUT2D eigenvalue weighted by Crippen LogP contribution is 2.19. The van der Waals surface area contributed by atoms with E-state index in [2.05, 4.69) is 5.32 Å². The third-order valence-corrected chi connectivity index (χ3v) is 4.19. The van der Waals surface area contributed by atoms with Crippen LogP contribution in [0.5, 0.6) is 5.75 Å². The maximum Gasteiger partial charge on any atom is 0.248 e. The first-order chi connectivity index (χ1) is 10.9. The summed E-state index contributed by atoms with van der Waals surface area (Å²) in [5.74, 6) is 0.303. The molecule has 0 unspecified atom stereocenters. The van der Waals surface area contributed by atoms with Crippen LogP contribution in [-0.2, 0) is 14.6 Å². The first kappa shape index (κ1) is 16.8. The number of hydrogen-bond donors (Lipinski definition) is 1. The van der Waals surface area contributed by atoms with Crippen molar-refractivity contribution in [1.29, 1.82) is 0 Å². The molecule has 0 spiro atoms. The molecule has 6 heteroatoms. The number of amides is 1. The van der Waals surface area contributed by atoms with Crippen LogP contribution >= 0.6 is 0 Å². The number of rotatable bonds is 5. The van der Waals surface area contributed by atoms with Crippen LogP contribution in [0, 0.1) is 0 Å². The summed E-state index contributed by atoms with van der Waals surface area (Å²) >= 11 is 0. The van der Waals surface area contributed by atoms with Crippen molar-refractivity contribution in [3.05, 3.63) is 60.2 Å². The number of carbonyl (C=O) groups excluding carboxylic acids is 1. The average molecular weight is 331 g/mol. The predicted octanol–water partition coefficient (Wildman–Crippen LogP) is 2.75. The first-order valence-corrected chi connectivity index (χ1v) is 8.71. The van der Waals surface area contributed by atoms with Gasteiger partial charge in [0.15, 0.2) is 9.84 Å². The van der Waals surface area contributed by atoms with Crippen molar-refractivity contribution >= 4 is 27.5 Å². The Labute approximate surface area is 135 Å². The highest BCUT2D eigenvalue weighted by atomic mass is 32.2. The number of anilines is 1. The zero-order valence-electron chi connectivity index (χ0n) is 12.8. The van der Waals surface area contributed by atoms with E-state index in [9.17, 15) is 13.2 Å². The molecule has 0 radical (unpaired) electrons. The quantitative estimate of drug-likeness (QED) is 0.855. The van der Waals surface area contributed by atoms with Crippen molar-refractivity contribution in [3.63, 3.8) is 0 Å². The lowest BCUT2D eigenvalue weighted by atomic mass is 10.2. The first-order valence-electron chi connectivity index (χ1n) is 6.82. The number of nitrogens with one attached hydrogen (secondary N) is 1. The van der Waals surface area contributed by atoms with E-state index < -0.39 is 9.84 Å². The third-order valence-electron chi connectivity index (χ3n) is 3.08. The van der Waals surface area contributed by atoms with Crippen LogP contribution in [0.1, 0.15) is 5.56 Å². The topological polar surface area (TPSA) is 72.5 Å². The minimum Gasteiger partial charge on any atom is -0.496 e. The normalized spacial score (nSPS) is 11.4. The Hall–Kier alpha value is -2.60. The van der Waals surface area contributed by atoms with Crippen LogP contribution in [0.25, 0.3) is 6.08 Å². The van der Waals surface area contributed by atoms with Crippen LogP contribution in [-0.4, -0.2) is 27.7 Å². The molecule has 0 aliphatic heterocycles. The second-order valence-electron chi connectivity index (χ2n) is 4.86. The van der Waals surface area contributed by atoms with Crippen LogP contribution in [0.4, 0.5) is 5.69 Å². The van der Waals surface area contributed by atoms with Gasteiger partial charge >= 0.3 is 0 Å². The number of sulfone groups is 1. The van der Waals surface area contributed by atoms with Crippen LogP contribution < -0.4 is 10.1 Å². The van der Waals surface area contributed by atoms with E-state index in [1.54, 1.807) is 31.4 Å². The Bertz CT molecular complexity index is 841. The lowest BCUT2D eigenvalue weighted by Gasteiger charge is -2.05. The molecule has 2 aromatic rings. The number of carbonyl (C=O) groups is 1. The maximum atomic E-state index is 12.0. The van der Waals surface area contributed by atoms with Gasteiger partial charge in [0.1, 0.15) is 5.75 Å². The summed E-state index contributed by atoms with van der Waals surface area (Å²) in [6.07, 6.45) is 4.12. The Morgan fingerprint density at radius 3 is 2.57 bits per heavy atom. The maximum absolute atomic E-state index is 12.0. The van der Waals surface area contributed by atoms with Crippen molar-refractivity contribution in [3.8, 4) is 5.75 Å². The molecule has 23 heavy (non-hydrogen) atoms. The second kappa shape index (κ2) is 7.11. The van der Waals surface area contributed by atoms with Gasteiger partial charge in [-0.3, -0.25) is 4.79 Å². The van der Waals surface area contributed by atoms with E-state index in [0.29, 0.717) is 11.4 Å². The molecule has 0 saturated carbocycles. The van der Waals surface area contributed by atoms with Crippen molar-refractivity contribution < 1.29 is 17.9 Å². The van der Waals surface area contributed by atoms with Crippen molar-refractivity contribution in [2.45, 2.75) is 4.90 Å². The molecule has 0 aliphatic carbocycles. The van der Waals surface area contributed by atoms with Crippen LogP contribution in [0.3, 0.4) is 0 Å².